The van der Waals surface area contributed by atoms with Crippen molar-refractivity contribution in [2.24, 2.45) is 0 Å². The van der Waals surface area contributed by atoms with Crippen molar-refractivity contribution in [2.45, 2.75) is 45.2 Å². The average molecular weight is 377 g/mol. The van der Waals surface area contributed by atoms with Gasteiger partial charge in [-0.05, 0) is 55.5 Å². The summed E-state index contributed by atoms with van der Waals surface area (Å²) in [6.07, 6.45) is 3.32. The normalized spacial score (nSPS) is 17.7. The molecule has 2 aromatic rings. The lowest BCUT2D eigenvalue weighted by molar-refractivity contribution is -0.116. The molecule has 0 aliphatic carbocycles. The maximum atomic E-state index is 12.4. The molecule has 2 aromatic carbocycles. The Balaban J connectivity index is 1.28. The number of hydrogen-bond acceptors (Lipinski definition) is 3. The number of amides is 2. The fraction of sp³-hybridized carbons (Fsp3) is 0.391. The lowest BCUT2D eigenvalue weighted by Crippen LogP contribution is -2.44. The molecular weight excluding hydrogens is 350 g/mol. The van der Waals surface area contributed by atoms with Gasteiger partial charge in [-0.15, -0.1) is 0 Å². The minimum absolute atomic E-state index is 0.0175. The van der Waals surface area contributed by atoms with E-state index in [1.807, 2.05) is 31.2 Å². The van der Waals surface area contributed by atoms with Crippen LogP contribution in [0.1, 0.15) is 46.3 Å². The number of fused-ring (bicyclic) bond motifs is 1. The third-order valence-electron chi connectivity index (χ3n) is 5.71. The number of carbonyl (C=O) groups excluding carboxylic acids is 2. The van der Waals surface area contributed by atoms with Gasteiger partial charge in [-0.25, -0.2) is 0 Å². The molecule has 4 rings (SSSR count). The Labute approximate surface area is 166 Å². The van der Waals surface area contributed by atoms with E-state index in [4.69, 9.17) is 0 Å². The zero-order valence-corrected chi connectivity index (χ0v) is 16.3. The van der Waals surface area contributed by atoms with E-state index in [-0.39, 0.29) is 17.9 Å². The molecule has 2 amide bonds. The van der Waals surface area contributed by atoms with Gasteiger partial charge in [0.15, 0.2) is 0 Å². The molecule has 0 bridgehead atoms. The summed E-state index contributed by atoms with van der Waals surface area (Å²) in [6.45, 7) is 4.82. The summed E-state index contributed by atoms with van der Waals surface area (Å²) >= 11 is 0. The molecule has 2 aliphatic heterocycles. The molecular formula is C23H27N3O2. The zero-order chi connectivity index (χ0) is 19.5. The van der Waals surface area contributed by atoms with Gasteiger partial charge in [0.1, 0.15) is 0 Å². The Bertz CT molecular complexity index is 868. The Kier molecular flexibility index (Phi) is 5.44. The maximum Gasteiger partial charge on any atom is 0.251 e. The van der Waals surface area contributed by atoms with Crippen LogP contribution in [0, 0.1) is 6.92 Å². The molecule has 0 atom stereocenters. The fourth-order valence-electron chi connectivity index (χ4n) is 3.98. The van der Waals surface area contributed by atoms with Crippen molar-refractivity contribution in [2.75, 3.05) is 18.4 Å². The summed E-state index contributed by atoms with van der Waals surface area (Å²) in [5, 5.41) is 6.15. The van der Waals surface area contributed by atoms with Gasteiger partial charge < -0.3 is 10.6 Å². The molecule has 146 valence electrons. The number of nitrogens with one attached hydrogen (secondary N) is 2. The quantitative estimate of drug-likeness (QED) is 0.860. The summed E-state index contributed by atoms with van der Waals surface area (Å²) in [6, 6.07) is 14.4. The summed E-state index contributed by atoms with van der Waals surface area (Å²) in [4.78, 5) is 26.4. The number of rotatable bonds is 4. The van der Waals surface area contributed by atoms with Gasteiger partial charge in [-0.1, -0.05) is 29.8 Å². The SMILES string of the molecule is Cc1ccc(C(=O)NC2CCN(Cc3ccc4c(c3)NC(=O)CC4)CC2)cc1. The Morgan fingerprint density at radius 1 is 1.11 bits per heavy atom. The Hall–Kier alpha value is -2.66. The number of aryl methyl sites for hydroxylation is 2. The predicted octanol–water partition coefficient (Wildman–Crippen LogP) is 3.27. The van der Waals surface area contributed by atoms with Crippen LogP contribution < -0.4 is 10.6 Å². The Morgan fingerprint density at radius 2 is 1.86 bits per heavy atom. The van der Waals surface area contributed by atoms with Gasteiger partial charge in [0.25, 0.3) is 5.91 Å². The second kappa shape index (κ2) is 8.15. The van der Waals surface area contributed by atoms with E-state index in [0.29, 0.717) is 6.42 Å². The monoisotopic (exact) mass is 377 g/mol. The first kappa shape index (κ1) is 18.7. The maximum absolute atomic E-state index is 12.4. The van der Waals surface area contributed by atoms with Crippen molar-refractivity contribution < 1.29 is 9.59 Å². The highest BCUT2D eigenvalue weighted by atomic mass is 16.2. The number of anilines is 1. The minimum Gasteiger partial charge on any atom is -0.349 e. The van der Waals surface area contributed by atoms with Gasteiger partial charge in [-0.3, -0.25) is 14.5 Å². The molecule has 5 heteroatoms. The summed E-state index contributed by atoms with van der Waals surface area (Å²) in [5.41, 5.74) is 5.30. The molecule has 0 radical (unpaired) electrons. The van der Waals surface area contributed by atoms with E-state index in [2.05, 4.69) is 33.7 Å². The van der Waals surface area contributed by atoms with Gasteiger partial charge in [0, 0.05) is 43.3 Å². The molecule has 28 heavy (non-hydrogen) atoms. The van der Waals surface area contributed by atoms with E-state index in [0.717, 1.165) is 55.7 Å². The van der Waals surface area contributed by atoms with E-state index < -0.39 is 0 Å². The highest BCUT2D eigenvalue weighted by molar-refractivity contribution is 5.94. The highest BCUT2D eigenvalue weighted by Crippen LogP contribution is 2.25. The standard InChI is InChI=1S/C23H27N3O2/c1-16-2-5-19(6-3-16)23(28)24-20-10-12-26(13-11-20)15-17-4-7-18-8-9-22(27)25-21(18)14-17/h2-7,14,20H,8-13,15H2,1H3,(H,24,28)(H,25,27). The lowest BCUT2D eigenvalue weighted by atomic mass is 9.99. The zero-order valence-electron chi connectivity index (χ0n) is 16.3. The second-order valence-corrected chi connectivity index (χ2v) is 7.93. The number of hydrogen-bond donors (Lipinski definition) is 2. The van der Waals surface area contributed by atoms with E-state index in [1.165, 1.54) is 11.1 Å². The van der Waals surface area contributed by atoms with Gasteiger partial charge in [-0.2, -0.15) is 0 Å². The van der Waals surface area contributed by atoms with Gasteiger partial charge >= 0.3 is 0 Å². The molecule has 1 fully saturated rings. The number of carbonyl (C=O) groups is 2. The van der Waals surface area contributed by atoms with Crippen LogP contribution in [0.3, 0.4) is 0 Å². The van der Waals surface area contributed by atoms with Crippen LogP contribution in [0.25, 0.3) is 0 Å². The van der Waals surface area contributed by atoms with Crippen molar-refractivity contribution in [3.63, 3.8) is 0 Å². The van der Waals surface area contributed by atoms with Crippen molar-refractivity contribution in [3.05, 3.63) is 64.7 Å². The number of benzene rings is 2. The molecule has 0 unspecified atom stereocenters. The van der Waals surface area contributed by atoms with Crippen molar-refractivity contribution >= 4 is 17.5 Å². The fourth-order valence-corrected chi connectivity index (χ4v) is 3.98. The van der Waals surface area contributed by atoms with Crippen molar-refractivity contribution in [1.29, 1.82) is 0 Å². The van der Waals surface area contributed by atoms with Crippen LogP contribution >= 0.6 is 0 Å². The largest absolute Gasteiger partial charge is 0.349 e. The number of piperidine rings is 1. The molecule has 2 N–H and O–H groups in total. The predicted molar refractivity (Wildman–Crippen MR) is 110 cm³/mol. The van der Waals surface area contributed by atoms with Crippen LogP contribution in [-0.2, 0) is 17.8 Å². The van der Waals surface area contributed by atoms with Crippen molar-refractivity contribution in [3.8, 4) is 0 Å². The topological polar surface area (TPSA) is 61.4 Å². The van der Waals surface area contributed by atoms with E-state index >= 15 is 0 Å². The molecule has 5 nitrogen and oxygen atoms in total. The smallest absolute Gasteiger partial charge is 0.251 e. The van der Waals surface area contributed by atoms with Crippen LogP contribution in [0.15, 0.2) is 42.5 Å². The molecule has 2 heterocycles. The minimum atomic E-state index is 0.0175. The number of likely N-dealkylation sites (tertiary alicyclic amines) is 1. The van der Waals surface area contributed by atoms with Crippen LogP contribution in [-0.4, -0.2) is 35.8 Å². The Morgan fingerprint density at radius 3 is 2.61 bits per heavy atom. The second-order valence-electron chi connectivity index (χ2n) is 7.93. The molecule has 2 aliphatic rings. The van der Waals surface area contributed by atoms with Gasteiger partial charge in [0.05, 0.1) is 0 Å². The molecule has 0 spiro atoms. The number of nitrogens with zero attached hydrogens (tertiary/aromatic N) is 1. The third kappa shape index (κ3) is 4.42. The van der Waals surface area contributed by atoms with Crippen LogP contribution in [0.5, 0.6) is 0 Å². The highest BCUT2D eigenvalue weighted by Gasteiger charge is 2.22. The van der Waals surface area contributed by atoms with E-state index in [1.54, 1.807) is 0 Å². The molecule has 1 saturated heterocycles. The summed E-state index contributed by atoms with van der Waals surface area (Å²) in [7, 11) is 0. The van der Waals surface area contributed by atoms with Crippen molar-refractivity contribution in [1.82, 2.24) is 10.2 Å². The summed E-state index contributed by atoms with van der Waals surface area (Å²) in [5.74, 6) is 0.124. The first-order valence-electron chi connectivity index (χ1n) is 10.1. The first-order valence-corrected chi connectivity index (χ1v) is 10.1. The average Bonchev–Trinajstić information content (AvgIpc) is 2.69. The van der Waals surface area contributed by atoms with E-state index in [9.17, 15) is 9.59 Å². The lowest BCUT2D eigenvalue weighted by Gasteiger charge is -2.32. The van der Waals surface area contributed by atoms with Crippen LogP contribution in [0.2, 0.25) is 0 Å². The first-order chi connectivity index (χ1) is 13.6. The van der Waals surface area contributed by atoms with Crippen LogP contribution in [0.4, 0.5) is 5.69 Å². The molecule has 0 saturated carbocycles. The molecule has 0 aromatic heterocycles. The summed E-state index contributed by atoms with van der Waals surface area (Å²) < 4.78 is 0. The van der Waals surface area contributed by atoms with Gasteiger partial charge in [0.2, 0.25) is 5.91 Å². The third-order valence-corrected chi connectivity index (χ3v) is 5.71.